The van der Waals surface area contributed by atoms with E-state index in [-0.39, 0.29) is 12.5 Å². The molecule has 0 unspecified atom stereocenters. The van der Waals surface area contributed by atoms with Crippen LogP contribution in [0.2, 0.25) is 0 Å². The molecular formula is C15H14BrN3O2. The monoisotopic (exact) mass is 347 g/mol. The molecule has 0 aromatic heterocycles. The van der Waals surface area contributed by atoms with Gasteiger partial charge in [-0.1, -0.05) is 34.1 Å². The number of nitrogens with two attached hydrogens (primary N) is 1. The van der Waals surface area contributed by atoms with Gasteiger partial charge in [-0.05, 0) is 17.7 Å². The molecular weight excluding hydrogens is 334 g/mol. The van der Waals surface area contributed by atoms with Crippen molar-refractivity contribution in [1.82, 2.24) is 0 Å². The van der Waals surface area contributed by atoms with Crippen LogP contribution in [0.3, 0.4) is 0 Å². The average Bonchev–Trinajstić information content (AvgIpc) is 2.47. The van der Waals surface area contributed by atoms with Crippen molar-refractivity contribution in [3.63, 3.8) is 0 Å². The summed E-state index contributed by atoms with van der Waals surface area (Å²) in [4.78, 5) is 11.4. The van der Waals surface area contributed by atoms with E-state index in [9.17, 15) is 4.79 Å². The predicted octanol–water partition coefficient (Wildman–Crippen LogP) is 2.97. The van der Waals surface area contributed by atoms with Crippen molar-refractivity contribution in [2.24, 2.45) is 0 Å². The lowest BCUT2D eigenvalue weighted by Crippen LogP contribution is -2.25. The van der Waals surface area contributed by atoms with E-state index in [1.807, 2.05) is 24.3 Å². The zero-order valence-corrected chi connectivity index (χ0v) is 12.7. The number of nitrogens with one attached hydrogen (secondary N) is 2. The van der Waals surface area contributed by atoms with Gasteiger partial charge in [0, 0.05) is 17.1 Å². The van der Waals surface area contributed by atoms with E-state index in [1.165, 1.54) is 0 Å². The quantitative estimate of drug-likeness (QED) is 0.746. The maximum absolute atomic E-state index is 11.4. The lowest BCUT2D eigenvalue weighted by molar-refractivity contribution is -0.118. The number of hydrogen-bond acceptors (Lipinski definition) is 4. The Morgan fingerprint density at radius 2 is 2.14 bits per heavy atom. The summed E-state index contributed by atoms with van der Waals surface area (Å²) >= 11 is 3.51. The molecule has 1 amide bonds. The van der Waals surface area contributed by atoms with Crippen molar-refractivity contribution in [1.29, 1.82) is 0 Å². The number of carbonyl (C=O) groups is 1. The van der Waals surface area contributed by atoms with Crippen molar-refractivity contribution in [2.75, 3.05) is 23.0 Å². The van der Waals surface area contributed by atoms with E-state index in [2.05, 4.69) is 26.6 Å². The van der Waals surface area contributed by atoms with Crippen LogP contribution < -0.4 is 21.1 Å². The molecule has 0 radical (unpaired) electrons. The van der Waals surface area contributed by atoms with Crippen LogP contribution in [0.15, 0.2) is 40.9 Å². The number of hydrogen-bond donors (Lipinski definition) is 3. The second-order valence-electron chi connectivity index (χ2n) is 4.72. The molecule has 21 heavy (non-hydrogen) atoms. The molecule has 108 valence electrons. The Morgan fingerprint density at radius 1 is 1.33 bits per heavy atom. The molecule has 4 N–H and O–H groups in total. The molecule has 2 aromatic carbocycles. The van der Waals surface area contributed by atoms with Crippen molar-refractivity contribution in [2.45, 2.75) is 6.54 Å². The third-order valence-corrected chi connectivity index (χ3v) is 3.99. The first-order valence-electron chi connectivity index (χ1n) is 6.47. The molecule has 0 spiro atoms. The van der Waals surface area contributed by atoms with Crippen molar-refractivity contribution in [3.8, 4) is 5.75 Å². The number of anilines is 3. The molecule has 6 heteroatoms. The molecule has 0 atom stereocenters. The minimum absolute atomic E-state index is 0.0240. The van der Waals surface area contributed by atoms with Crippen LogP contribution in [0.5, 0.6) is 5.75 Å². The summed E-state index contributed by atoms with van der Waals surface area (Å²) in [5.41, 5.74) is 9.11. The van der Waals surface area contributed by atoms with Gasteiger partial charge in [-0.25, -0.2) is 0 Å². The normalized spacial score (nSPS) is 13.1. The minimum Gasteiger partial charge on any atom is -0.482 e. The molecule has 5 nitrogen and oxygen atoms in total. The molecule has 0 aliphatic carbocycles. The number of benzene rings is 2. The number of amides is 1. The molecule has 1 heterocycles. The van der Waals surface area contributed by atoms with Gasteiger partial charge in [0.05, 0.1) is 17.1 Å². The second-order valence-corrected chi connectivity index (χ2v) is 5.57. The van der Waals surface area contributed by atoms with Crippen LogP contribution in [-0.2, 0) is 11.3 Å². The second kappa shape index (κ2) is 5.65. The largest absolute Gasteiger partial charge is 0.482 e. The Morgan fingerprint density at radius 3 is 2.95 bits per heavy atom. The average molecular weight is 348 g/mol. The molecule has 2 aromatic rings. The zero-order chi connectivity index (χ0) is 14.8. The number of fused-ring (bicyclic) bond motifs is 1. The van der Waals surface area contributed by atoms with Gasteiger partial charge < -0.3 is 21.1 Å². The molecule has 0 fully saturated rings. The van der Waals surface area contributed by atoms with E-state index in [0.717, 1.165) is 15.7 Å². The van der Waals surface area contributed by atoms with Gasteiger partial charge in [-0.3, -0.25) is 4.79 Å². The number of carbonyl (C=O) groups excluding carboxylic acids is 1. The summed E-state index contributed by atoms with van der Waals surface area (Å²) in [6.45, 7) is 0.648. The Balaban J connectivity index is 1.81. The fourth-order valence-corrected chi connectivity index (χ4v) is 2.55. The Hall–Kier alpha value is -2.21. The van der Waals surface area contributed by atoms with Gasteiger partial charge >= 0.3 is 0 Å². The number of rotatable bonds is 3. The van der Waals surface area contributed by atoms with Gasteiger partial charge in [0.25, 0.3) is 5.91 Å². The first-order chi connectivity index (χ1) is 10.1. The summed E-state index contributed by atoms with van der Waals surface area (Å²) in [6.07, 6.45) is 0. The summed E-state index contributed by atoms with van der Waals surface area (Å²) in [5.74, 6) is 0.433. The van der Waals surface area contributed by atoms with Gasteiger partial charge in [0.1, 0.15) is 5.75 Å². The van der Waals surface area contributed by atoms with Gasteiger partial charge in [0.15, 0.2) is 6.61 Å². The van der Waals surface area contributed by atoms with Gasteiger partial charge in [-0.15, -0.1) is 0 Å². The number of halogens is 1. The lowest BCUT2D eigenvalue weighted by atomic mass is 10.2. The first kappa shape index (κ1) is 13.8. The Kier molecular flexibility index (Phi) is 3.70. The van der Waals surface area contributed by atoms with Crippen molar-refractivity contribution >= 4 is 38.9 Å². The van der Waals surface area contributed by atoms with Gasteiger partial charge in [0.2, 0.25) is 0 Å². The Labute approximate surface area is 130 Å². The summed E-state index contributed by atoms with van der Waals surface area (Å²) in [5, 5.41) is 6.04. The van der Waals surface area contributed by atoms with Crippen LogP contribution in [-0.4, -0.2) is 12.5 Å². The maximum atomic E-state index is 11.4. The molecule has 0 bridgehead atoms. The summed E-state index contributed by atoms with van der Waals surface area (Å²) in [6, 6.07) is 11.5. The standard InChI is InChI=1S/C15H14BrN3O2/c16-10-4-2-1-3-9(10)7-18-12-6-13-14(5-11(12)17)21-8-15(20)19-13/h1-6,18H,7-8,17H2,(H,19,20). The first-order valence-corrected chi connectivity index (χ1v) is 7.26. The predicted molar refractivity (Wildman–Crippen MR) is 86.4 cm³/mol. The maximum Gasteiger partial charge on any atom is 0.262 e. The number of nitrogen functional groups attached to an aromatic ring is 1. The SMILES string of the molecule is Nc1cc2c(cc1NCc1ccccc1Br)NC(=O)CO2. The molecule has 1 aliphatic rings. The molecule has 3 rings (SSSR count). The van der Waals surface area contributed by atoms with Crippen molar-refractivity contribution < 1.29 is 9.53 Å². The van der Waals surface area contributed by atoms with E-state index in [1.54, 1.807) is 12.1 Å². The molecule has 0 saturated heterocycles. The highest BCUT2D eigenvalue weighted by atomic mass is 79.9. The molecule has 1 aliphatic heterocycles. The highest BCUT2D eigenvalue weighted by Gasteiger charge is 2.17. The zero-order valence-electron chi connectivity index (χ0n) is 11.2. The van der Waals surface area contributed by atoms with Crippen molar-refractivity contribution in [3.05, 3.63) is 46.4 Å². The third kappa shape index (κ3) is 2.95. The van der Waals surface area contributed by atoms with Gasteiger partial charge in [-0.2, -0.15) is 0 Å². The van der Waals surface area contributed by atoms with E-state index in [4.69, 9.17) is 10.5 Å². The van der Waals surface area contributed by atoms with Crippen LogP contribution in [0.25, 0.3) is 0 Å². The van der Waals surface area contributed by atoms with Crippen LogP contribution in [0.4, 0.5) is 17.1 Å². The summed E-state index contributed by atoms with van der Waals surface area (Å²) < 4.78 is 6.36. The third-order valence-electron chi connectivity index (χ3n) is 3.21. The smallest absolute Gasteiger partial charge is 0.262 e. The van der Waals surface area contributed by atoms with E-state index < -0.39 is 0 Å². The van der Waals surface area contributed by atoms with Crippen LogP contribution >= 0.6 is 15.9 Å². The minimum atomic E-state index is -0.163. The topological polar surface area (TPSA) is 76.4 Å². The van der Waals surface area contributed by atoms with Crippen LogP contribution in [0.1, 0.15) is 5.56 Å². The van der Waals surface area contributed by atoms with Crippen LogP contribution in [0, 0.1) is 0 Å². The highest BCUT2D eigenvalue weighted by Crippen LogP contribution is 2.35. The molecule has 0 saturated carbocycles. The fraction of sp³-hybridized carbons (Fsp3) is 0.133. The fourth-order valence-electron chi connectivity index (χ4n) is 2.13. The number of ether oxygens (including phenoxy) is 1. The van der Waals surface area contributed by atoms with E-state index in [0.29, 0.717) is 23.7 Å². The lowest BCUT2D eigenvalue weighted by Gasteiger charge is -2.20. The summed E-state index contributed by atoms with van der Waals surface area (Å²) in [7, 11) is 0. The Bertz CT molecular complexity index is 703. The van der Waals surface area contributed by atoms with E-state index >= 15 is 0 Å². The highest BCUT2D eigenvalue weighted by molar-refractivity contribution is 9.10.